The number of hydrogen-bond acceptors (Lipinski definition) is 3. The van der Waals surface area contributed by atoms with Crippen molar-refractivity contribution in [2.24, 2.45) is 10.1 Å². The Morgan fingerprint density at radius 3 is 2.41 bits per heavy atom. The maximum absolute atomic E-state index is 11.9. The molecule has 94 valence electrons. The van der Waals surface area contributed by atoms with Crippen LogP contribution in [0.25, 0.3) is 0 Å². The lowest BCUT2D eigenvalue weighted by atomic mass is 10.2. The number of sulfonamides is 1. The number of rotatable bonds is 2. The SMILES string of the molecule is Cc1ccc(S(N)(=O)=O)cc1N=CC(F)(F)F. The van der Waals surface area contributed by atoms with Crippen molar-refractivity contribution < 1.29 is 21.6 Å². The average Bonchev–Trinajstić information content (AvgIpc) is 2.13. The molecule has 0 aliphatic carbocycles. The van der Waals surface area contributed by atoms with Crippen LogP contribution in [0.15, 0.2) is 28.1 Å². The molecule has 0 fully saturated rings. The zero-order valence-electron chi connectivity index (χ0n) is 8.69. The van der Waals surface area contributed by atoms with Crippen molar-refractivity contribution in [1.82, 2.24) is 0 Å². The first-order valence-electron chi connectivity index (χ1n) is 4.35. The third-order valence-corrected chi connectivity index (χ3v) is 2.77. The molecule has 0 unspecified atom stereocenters. The Hall–Kier alpha value is -1.41. The fourth-order valence-corrected chi connectivity index (χ4v) is 1.58. The molecule has 0 aromatic heterocycles. The van der Waals surface area contributed by atoms with Crippen molar-refractivity contribution in [3.8, 4) is 0 Å². The maximum Gasteiger partial charge on any atom is 0.426 e. The molecule has 0 aliphatic heterocycles. The summed E-state index contributed by atoms with van der Waals surface area (Å²) in [6.07, 6.45) is -4.76. The summed E-state index contributed by atoms with van der Waals surface area (Å²) in [7, 11) is -3.95. The fraction of sp³-hybridized carbons (Fsp3) is 0.222. The third kappa shape index (κ3) is 4.16. The fourth-order valence-electron chi connectivity index (χ4n) is 1.05. The number of nitrogens with two attached hydrogens (primary N) is 1. The van der Waals surface area contributed by atoms with Crippen LogP contribution in [0, 0.1) is 6.92 Å². The molecule has 1 aromatic carbocycles. The summed E-state index contributed by atoms with van der Waals surface area (Å²) in [4.78, 5) is 2.90. The molecular weight excluding hydrogens is 257 g/mol. The number of hydrogen-bond donors (Lipinski definition) is 1. The first-order valence-corrected chi connectivity index (χ1v) is 5.89. The van der Waals surface area contributed by atoms with Crippen molar-refractivity contribution in [1.29, 1.82) is 0 Å². The van der Waals surface area contributed by atoms with Gasteiger partial charge in [-0.2, -0.15) is 13.2 Å². The first-order chi connectivity index (χ1) is 7.59. The van der Waals surface area contributed by atoms with Gasteiger partial charge in [0.05, 0.1) is 10.6 Å². The molecule has 4 nitrogen and oxygen atoms in total. The van der Waals surface area contributed by atoms with Crippen LogP contribution >= 0.6 is 0 Å². The molecule has 0 atom stereocenters. The number of nitrogens with zero attached hydrogens (tertiary/aromatic N) is 1. The van der Waals surface area contributed by atoms with Crippen molar-refractivity contribution >= 4 is 21.9 Å². The van der Waals surface area contributed by atoms with Gasteiger partial charge in [-0.3, -0.25) is 4.99 Å². The molecule has 1 rings (SSSR count). The van der Waals surface area contributed by atoms with Gasteiger partial charge in [-0.1, -0.05) is 6.07 Å². The predicted octanol–water partition coefficient (Wildman–Crippen LogP) is 1.91. The largest absolute Gasteiger partial charge is 0.426 e. The van der Waals surface area contributed by atoms with Gasteiger partial charge in [-0.25, -0.2) is 13.6 Å². The highest BCUT2D eigenvalue weighted by molar-refractivity contribution is 7.89. The molecule has 1 aromatic rings. The Labute approximate surface area is 96.0 Å². The van der Waals surface area contributed by atoms with Crippen LogP contribution in [0.2, 0.25) is 0 Å². The zero-order chi connectivity index (χ0) is 13.3. The van der Waals surface area contributed by atoms with E-state index >= 15 is 0 Å². The molecule has 0 saturated heterocycles. The van der Waals surface area contributed by atoms with Crippen molar-refractivity contribution in [2.45, 2.75) is 18.0 Å². The van der Waals surface area contributed by atoms with Gasteiger partial charge < -0.3 is 0 Å². The Kier molecular flexibility index (Phi) is 3.58. The summed E-state index contributed by atoms with van der Waals surface area (Å²) in [5.74, 6) is 0. The van der Waals surface area contributed by atoms with Gasteiger partial charge in [-0.05, 0) is 24.6 Å². The van der Waals surface area contributed by atoms with Gasteiger partial charge in [0.25, 0.3) is 0 Å². The van der Waals surface area contributed by atoms with Gasteiger partial charge in [0.1, 0.15) is 6.21 Å². The van der Waals surface area contributed by atoms with Gasteiger partial charge in [0.15, 0.2) is 0 Å². The third-order valence-electron chi connectivity index (χ3n) is 1.86. The molecule has 0 radical (unpaired) electrons. The lowest BCUT2D eigenvalue weighted by Gasteiger charge is -2.04. The van der Waals surface area contributed by atoms with Crippen LogP contribution in [0.1, 0.15) is 5.56 Å². The predicted molar refractivity (Wildman–Crippen MR) is 56.8 cm³/mol. The first kappa shape index (κ1) is 13.7. The molecular formula is C9H9F3N2O2S. The molecule has 8 heteroatoms. The minimum atomic E-state index is -4.55. The normalized spacial score (nSPS) is 13.2. The van der Waals surface area contributed by atoms with E-state index in [9.17, 15) is 21.6 Å². The second kappa shape index (κ2) is 4.46. The summed E-state index contributed by atoms with van der Waals surface area (Å²) in [6, 6.07) is 3.53. The number of aliphatic imine (C=N–C) groups is 1. The van der Waals surface area contributed by atoms with E-state index < -0.39 is 16.2 Å². The van der Waals surface area contributed by atoms with Crippen molar-refractivity contribution in [3.63, 3.8) is 0 Å². The Morgan fingerprint density at radius 2 is 1.94 bits per heavy atom. The Balaban J connectivity index is 3.21. The van der Waals surface area contributed by atoms with Gasteiger partial charge in [0.2, 0.25) is 10.0 Å². The van der Waals surface area contributed by atoms with E-state index in [2.05, 4.69) is 4.99 Å². The van der Waals surface area contributed by atoms with Crippen LogP contribution in [0.3, 0.4) is 0 Å². The highest BCUT2D eigenvalue weighted by Crippen LogP contribution is 2.23. The summed E-state index contributed by atoms with van der Waals surface area (Å²) in [5.41, 5.74) is 0.326. The lowest BCUT2D eigenvalue weighted by molar-refractivity contribution is -0.0535. The minimum absolute atomic E-state index is 0.0890. The standard InChI is InChI=1S/C9H9F3N2O2S/c1-6-2-3-7(17(13,15)16)4-8(6)14-5-9(10,11)12/h2-5H,1H3,(H2,13,15,16). The molecule has 2 N–H and O–H groups in total. The Morgan fingerprint density at radius 1 is 1.35 bits per heavy atom. The molecule has 0 heterocycles. The van der Waals surface area contributed by atoms with E-state index in [1.165, 1.54) is 19.1 Å². The zero-order valence-corrected chi connectivity index (χ0v) is 9.51. The molecule has 0 spiro atoms. The van der Waals surface area contributed by atoms with Crippen molar-refractivity contribution in [2.75, 3.05) is 0 Å². The van der Waals surface area contributed by atoms with E-state index in [0.29, 0.717) is 5.56 Å². The molecule has 0 saturated carbocycles. The lowest BCUT2D eigenvalue weighted by Crippen LogP contribution is -2.12. The maximum atomic E-state index is 11.9. The van der Waals surface area contributed by atoms with E-state index in [0.717, 1.165) is 6.07 Å². The second-order valence-electron chi connectivity index (χ2n) is 3.29. The molecule has 0 amide bonds. The number of alkyl halides is 3. The quantitative estimate of drug-likeness (QED) is 0.830. The van der Waals surface area contributed by atoms with Crippen LogP contribution in [-0.2, 0) is 10.0 Å². The van der Waals surface area contributed by atoms with E-state index in [1.807, 2.05) is 0 Å². The van der Waals surface area contributed by atoms with Crippen LogP contribution < -0.4 is 5.14 Å². The van der Waals surface area contributed by atoms with E-state index in [-0.39, 0.29) is 16.8 Å². The Bertz CT molecular complexity index is 550. The average molecular weight is 266 g/mol. The molecule has 0 bridgehead atoms. The number of primary sulfonamides is 1. The van der Waals surface area contributed by atoms with Crippen LogP contribution in [-0.4, -0.2) is 20.8 Å². The van der Waals surface area contributed by atoms with Crippen molar-refractivity contribution in [3.05, 3.63) is 23.8 Å². The van der Waals surface area contributed by atoms with Gasteiger partial charge in [0, 0.05) is 0 Å². The summed E-state index contributed by atoms with van der Waals surface area (Å²) < 4.78 is 57.7. The van der Waals surface area contributed by atoms with E-state index in [4.69, 9.17) is 5.14 Å². The molecule has 0 aliphatic rings. The number of aryl methyl sites for hydroxylation is 1. The second-order valence-corrected chi connectivity index (χ2v) is 4.85. The minimum Gasteiger partial charge on any atom is -0.252 e. The summed E-state index contributed by atoms with van der Waals surface area (Å²) in [6.45, 7) is 1.51. The highest BCUT2D eigenvalue weighted by Gasteiger charge is 2.23. The summed E-state index contributed by atoms with van der Waals surface area (Å²) >= 11 is 0. The van der Waals surface area contributed by atoms with Crippen LogP contribution in [0.5, 0.6) is 0 Å². The monoisotopic (exact) mass is 266 g/mol. The highest BCUT2D eigenvalue weighted by atomic mass is 32.2. The summed E-state index contributed by atoms with van der Waals surface area (Å²) in [5, 5.41) is 4.86. The number of benzene rings is 1. The van der Waals surface area contributed by atoms with Gasteiger partial charge >= 0.3 is 6.18 Å². The van der Waals surface area contributed by atoms with Crippen LogP contribution in [0.4, 0.5) is 18.9 Å². The van der Waals surface area contributed by atoms with Gasteiger partial charge in [-0.15, -0.1) is 0 Å². The number of halogens is 3. The topological polar surface area (TPSA) is 72.5 Å². The smallest absolute Gasteiger partial charge is 0.252 e. The molecule has 17 heavy (non-hydrogen) atoms. The van der Waals surface area contributed by atoms with E-state index in [1.54, 1.807) is 0 Å².